The molecular formula is C11H18BrN3. The first-order valence-electron chi connectivity index (χ1n) is 5.62. The summed E-state index contributed by atoms with van der Waals surface area (Å²) < 4.78 is 2.15. The Kier molecular flexibility index (Phi) is 4.20. The van der Waals surface area contributed by atoms with E-state index in [0.717, 1.165) is 17.8 Å². The van der Waals surface area contributed by atoms with E-state index < -0.39 is 0 Å². The van der Waals surface area contributed by atoms with Crippen LogP contribution >= 0.6 is 15.9 Å². The van der Waals surface area contributed by atoms with Gasteiger partial charge in [-0.2, -0.15) is 0 Å². The third kappa shape index (κ3) is 3.31. The minimum absolute atomic E-state index is 0.873. The minimum atomic E-state index is 0.873. The van der Waals surface area contributed by atoms with Crippen LogP contribution in [0.1, 0.15) is 12.8 Å². The van der Waals surface area contributed by atoms with Gasteiger partial charge in [-0.05, 0) is 31.8 Å². The Balaban J connectivity index is 1.63. The van der Waals surface area contributed by atoms with Gasteiger partial charge in [0, 0.05) is 30.8 Å². The summed E-state index contributed by atoms with van der Waals surface area (Å²) in [5, 5.41) is 1.16. The largest absolute Gasteiger partial charge is 0.337 e. The number of rotatable bonds is 5. The molecular weight excluding hydrogens is 254 g/mol. The van der Waals surface area contributed by atoms with Crippen LogP contribution in [-0.2, 0) is 6.54 Å². The predicted octanol–water partition coefficient (Wildman–Crippen LogP) is 1.99. The van der Waals surface area contributed by atoms with Gasteiger partial charge in [-0.1, -0.05) is 15.9 Å². The molecule has 4 heteroatoms. The molecule has 0 spiro atoms. The number of halogens is 1. The van der Waals surface area contributed by atoms with E-state index in [1.165, 1.54) is 32.5 Å². The van der Waals surface area contributed by atoms with E-state index in [-0.39, 0.29) is 0 Å². The molecule has 1 fully saturated rings. The Morgan fingerprint density at radius 1 is 1.40 bits per heavy atom. The fourth-order valence-electron chi connectivity index (χ4n) is 2.14. The van der Waals surface area contributed by atoms with E-state index in [4.69, 9.17) is 0 Å². The Bertz CT molecular complexity index is 273. The van der Waals surface area contributed by atoms with Gasteiger partial charge in [0.15, 0.2) is 0 Å². The second kappa shape index (κ2) is 5.66. The number of aromatic nitrogens is 2. The van der Waals surface area contributed by atoms with E-state index in [0.29, 0.717) is 0 Å². The molecule has 0 N–H and O–H groups in total. The highest BCUT2D eigenvalue weighted by Gasteiger charge is 2.20. The van der Waals surface area contributed by atoms with Crippen LogP contribution in [0.4, 0.5) is 0 Å². The predicted molar refractivity (Wildman–Crippen MR) is 65.2 cm³/mol. The van der Waals surface area contributed by atoms with Crippen LogP contribution in [0.5, 0.6) is 0 Å². The van der Waals surface area contributed by atoms with Crippen molar-refractivity contribution < 1.29 is 0 Å². The average molecular weight is 272 g/mol. The highest BCUT2D eigenvalue weighted by molar-refractivity contribution is 9.09. The van der Waals surface area contributed by atoms with Gasteiger partial charge in [0.05, 0.1) is 6.33 Å². The molecule has 0 bridgehead atoms. The molecule has 2 rings (SSSR count). The summed E-state index contributed by atoms with van der Waals surface area (Å²) in [6.07, 6.45) is 8.36. The third-order valence-corrected chi connectivity index (χ3v) is 3.95. The maximum absolute atomic E-state index is 4.04. The highest BCUT2D eigenvalue weighted by Crippen LogP contribution is 2.17. The number of hydrogen-bond donors (Lipinski definition) is 0. The van der Waals surface area contributed by atoms with Gasteiger partial charge >= 0.3 is 0 Å². The van der Waals surface area contributed by atoms with Crippen LogP contribution in [0.2, 0.25) is 0 Å². The van der Waals surface area contributed by atoms with E-state index in [9.17, 15) is 0 Å². The minimum Gasteiger partial charge on any atom is -0.337 e. The van der Waals surface area contributed by atoms with Crippen LogP contribution in [0.15, 0.2) is 18.7 Å². The smallest absolute Gasteiger partial charge is 0.0945 e. The molecule has 1 aliphatic rings. The molecule has 0 aliphatic carbocycles. The maximum atomic E-state index is 4.04. The fourth-order valence-corrected chi connectivity index (χ4v) is 2.67. The SMILES string of the molecule is BrCC1CCN(CCCn2ccnc2)C1. The van der Waals surface area contributed by atoms with Crippen molar-refractivity contribution in [1.29, 1.82) is 0 Å². The van der Waals surface area contributed by atoms with Crippen LogP contribution < -0.4 is 0 Å². The Morgan fingerprint density at radius 3 is 3.00 bits per heavy atom. The summed E-state index contributed by atoms with van der Waals surface area (Å²) in [6.45, 7) is 4.87. The van der Waals surface area contributed by atoms with Gasteiger partial charge in [-0.3, -0.25) is 0 Å². The zero-order valence-corrected chi connectivity index (χ0v) is 10.6. The van der Waals surface area contributed by atoms with Gasteiger partial charge in [-0.15, -0.1) is 0 Å². The lowest BCUT2D eigenvalue weighted by molar-refractivity contribution is 0.316. The van der Waals surface area contributed by atoms with Crippen LogP contribution in [0, 0.1) is 5.92 Å². The summed E-state index contributed by atoms with van der Waals surface area (Å²) in [7, 11) is 0. The summed E-state index contributed by atoms with van der Waals surface area (Å²) in [5.41, 5.74) is 0. The zero-order chi connectivity index (χ0) is 10.5. The molecule has 1 aromatic rings. The second-order valence-corrected chi connectivity index (χ2v) is 4.91. The normalized spacial score (nSPS) is 22.3. The molecule has 0 saturated carbocycles. The number of alkyl halides is 1. The van der Waals surface area contributed by atoms with Crippen LogP contribution in [0.3, 0.4) is 0 Å². The lowest BCUT2D eigenvalue weighted by Crippen LogP contribution is -2.23. The average Bonchev–Trinajstić information content (AvgIpc) is 2.88. The standard InChI is InChI=1S/C11H18BrN3/c12-8-11-2-6-14(9-11)4-1-5-15-7-3-13-10-15/h3,7,10-11H,1-2,4-6,8-9H2. The first kappa shape index (κ1) is 11.1. The second-order valence-electron chi connectivity index (χ2n) is 4.26. The number of nitrogens with zero attached hydrogens (tertiary/aromatic N) is 3. The van der Waals surface area contributed by atoms with Crippen molar-refractivity contribution in [2.75, 3.05) is 25.0 Å². The van der Waals surface area contributed by atoms with Crippen molar-refractivity contribution in [3.8, 4) is 0 Å². The number of imidazole rings is 1. The molecule has 1 aliphatic heterocycles. The van der Waals surface area contributed by atoms with Crippen molar-refractivity contribution in [3.05, 3.63) is 18.7 Å². The maximum Gasteiger partial charge on any atom is 0.0945 e. The van der Waals surface area contributed by atoms with Crippen LogP contribution in [-0.4, -0.2) is 39.4 Å². The van der Waals surface area contributed by atoms with Crippen molar-refractivity contribution in [2.45, 2.75) is 19.4 Å². The highest BCUT2D eigenvalue weighted by atomic mass is 79.9. The molecule has 2 heterocycles. The van der Waals surface area contributed by atoms with Gasteiger partial charge in [0.1, 0.15) is 0 Å². The quantitative estimate of drug-likeness (QED) is 0.764. The number of aryl methyl sites for hydroxylation is 1. The molecule has 84 valence electrons. The third-order valence-electron chi connectivity index (χ3n) is 3.04. The summed E-state index contributed by atoms with van der Waals surface area (Å²) >= 11 is 3.56. The summed E-state index contributed by atoms with van der Waals surface area (Å²) in [6, 6.07) is 0. The molecule has 0 aromatic carbocycles. The number of likely N-dealkylation sites (tertiary alicyclic amines) is 1. The van der Waals surface area contributed by atoms with Crippen molar-refractivity contribution in [3.63, 3.8) is 0 Å². The molecule has 1 atom stereocenters. The van der Waals surface area contributed by atoms with Gasteiger partial charge in [0.2, 0.25) is 0 Å². The molecule has 15 heavy (non-hydrogen) atoms. The van der Waals surface area contributed by atoms with E-state index in [1.807, 2.05) is 18.7 Å². The van der Waals surface area contributed by atoms with E-state index >= 15 is 0 Å². The Labute approximate surface area is 99.6 Å². The first-order chi connectivity index (χ1) is 7.38. The summed E-state index contributed by atoms with van der Waals surface area (Å²) in [5.74, 6) is 0.873. The molecule has 1 saturated heterocycles. The van der Waals surface area contributed by atoms with Gasteiger partial charge < -0.3 is 9.47 Å². The molecule has 0 amide bonds. The van der Waals surface area contributed by atoms with Gasteiger partial charge in [0.25, 0.3) is 0 Å². The topological polar surface area (TPSA) is 21.1 Å². The molecule has 1 unspecified atom stereocenters. The van der Waals surface area contributed by atoms with Crippen LogP contribution in [0.25, 0.3) is 0 Å². The van der Waals surface area contributed by atoms with Gasteiger partial charge in [-0.25, -0.2) is 4.98 Å². The Morgan fingerprint density at radius 2 is 2.33 bits per heavy atom. The molecule has 3 nitrogen and oxygen atoms in total. The summed E-state index contributed by atoms with van der Waals surface area (Å²) in [4.78, 5) is 6.61. The monoisotopic (exact) mass is 271 g/mol. The molecule has 1 aromatic heterocycles. The van der Waals surface area contributed by atoms with E-state index in [2.05, 4.69) is 30.4 Å². The van der Waals surface area contributed by atoms with E-state index in [1.54, 1.807) is 0 Å². The van der Waals surface area contributed by atoms with Crippen molar-refractivity contribution >= 4 is 15.9 Å². The van der Waals surface area contributed by atoms with Crippen molar-refractivity contribution in [1.82, 2.24) is 14.5 Å². The lowest BCUT2D eigenvalue weighted by Gasteiger charge is -2.15. The fraction of sp³-hybridized carbons (Fsp3) is 0.727. The lowest BCUT2D eigenvalue weighted by atomic mass is 10.2. The first-order valence-corrected chi connectivity index (χ1v) is 6.74. The number of hydrogen-bond acceptors (Lipinski definition) is 2. The molecule has 0 radical (unpaired) electrons. The zero-order valence-electron chi connectivity index (χ0n) is 8.98. The Hall–Kier alpha value is -0.350. The van der Waals surface area contributed by atoms with Crippen molar-refractivity contribution in [2.24, 2.45) is 5.92 Å².